The summed E-state index contributed by atoms with van der Waals surface area (Å²) >= 11 is 0. The van der Waals surface area contributed by atoms with Gasteiger partial charge in [-0.1, -0.05) is 142 Å². The van der Waals surface area contributed by atoms with Gasteiger partial charge in [-0.25, -0.2) is 0 Å². The van der Waals surface area contributed by atoms with E-state index in [0.717, 1.165) is 22.6 Å². The van der Waals surface area contributed by atoms with E-state index in [4.69, 9.17) is 0 Å². The molecule has 2 aromatic rings. The van der Waals surface area contributed by atoms with E-state index >= 15 is 0 Å². The lowest BCUT2D eigenvalue weighted by Crippen LogP contribution is -1.88. The third kappa shape index (κ3) is 16.2. The molecule has 226 valence electrons. The second-order valence-electron chi connectivity index (χ2n) is 11.6. The van der Waals surface area contributed by atoms with Crippen LogP contribution in [0.15, 0.2) is 46.2 Å². The molecule has 0 saturated carbocycles. The van der Waals surface area contributed by atoms with Crippen molar-refractivity contribution >= 4 is 21.6 Å². The van der Waals surface area contributed by atoms with E-state index < -0.39 is 0 Å². The van der Waals surface area contributed by atoms with Gasteiger partial charge in [0.15, 0.2) is 0 Å². The number of aromatic hydroxyl groups is 2. The van der Waals surface area contributed by atoms with Crippen molar-refractivity contribution in [3.05, 3.63) is 47.5 Å². The van der Waals surface area contributed by atoms with E-state index in [-0.39, 0.29) is 0 Å². The van der Waals surface area contributed by atoms with Gasteiger partial charge in [-0.2, -0.15) is 0 Å². The minimum atomic E-state index is 0.324. The normalized spacial score (nSPS) is 11.3. The average Bonchev–Trinajstić information content (AvgIpc) is 2.96. The first-order chi connectivity index (χ1) is 19.6. The lowest BCUT2D eigenvalue weighted by atomic mass is 10.0. The fourth-order valence-corrected chi connectivity index (χ4v) is 7.51. The highest BCUT2D eigenvalue weighted by molar-refractivity contribution is 8.76. The van der Waals surface area contributed by atoms with Gasteiger partial charge in [0.25, 0.3) is 0 Å². The maximum atomic E-state index is 10.4. The summed E-state index contributed by atoms with van der Waals surface area (Å²) in [5.74, 6) is 0.649. The Bertz CT molecular complexity index is 825. The fourth-order valence-electron chi connectivity index (χ4n) is 5.28. The second-order valence-corrected chi connectivity index (χ2v) is 13.8. The Kier molecular flexibility index (Phi) is 20.4. The number of benzene rings is 2. The largest absolute Gasteiger partial charge is 0.507 e. The molecule has 0 saturated heterocycles. The van der Waals surface area contributed by atoms with Gasteiger partial charge in [-0.15, -0.1) is 0 Å². The molecule has 0 spiro atoms. The lowest BCUT2D eigenvalue weighted by molar-refractivity contribution is 0.461. The summed E-state index contributed by atoms with van der Waals surface area (Å²) in [4.78, 5) is 1.77. The Balaban J connectivity index is 1.66. The van der Waals surface area contributed by atoms with Crippen LogP contribution in [-0.4, -0.2) is 10.2 Å². The Morgan fingerprint density at radius 3 is 1.05 bits per heavy atom. The van der Waals surface area contributed by atoms with Gasteiger partial charge >= 0.3 is 0 Å². The topological polar surface area (TPSA) is 40.5 Å². The van der Waals surface area contributed by atoms with Crippen LogP contribution in [0.5, 0.6) is 11.5 Å². The lowest BCUT2D eigenvalue weighted by Gasteiger charge is -2.10. The van der Waals surface area contributed by atoms with Crippen LogP contribution in [0.3, 0.4) is 0 Å². The molecule has 0 radical (unpaired) electrons. The zero-order chi connectivity index (χ0) is 28.7. The highest BCUT2D eigenvalue weighted by Gasteiger charge is 2.09. The van der Waals surface area contributed by atoms with Crippen LogP contribution in [0.25, 0.3) is 0 Å². The van der Waals surface area contributed by atoms with E-state index in [1.807, 2.05) is 12.1 Å². The van der Waals surface area contributed by atoms with E-state index in [1.54, 1.807) is 21.6 Å². The monoisotopic (exact) mass is 586 g/mol. The molecule has 2 nitrogen and oxygen atoms in total. The highest BCUT2D eigenvalue weighted by Crippen LogP contribution is 2.45. The van der Waals surface area contributed by atoms with Crippen LogP contribution in [0.1, 0.15) is 153 Å². The number of aryl methyl sites for hydroxylation is 2. The molecule has 2 aromatic carbocycles. The van der Waals surface area contributed by atoms with Gasteiger partial charge < -0.3 is 10.2 Å². The number of unbranched alkanes of at least 4 members (excludes halogenated alkanes) is 18. The Morgan fingerprint density at radius 1 is 0.425 bits per heavy atom. The molecule has 0 atom stereocenters. The number of phenols is 2. The van der Waals surface area contributed by atoms with Gasteiger partial charge in [0.2, 0.25) is 0 Å². The van der Waals surface area contributed by atoms with Gasteiger partial charge in [-0.3, -0.25) is 0 Å². The SMILES string of the molecule is CCCCCCCCCCCCc1ccc(O)c(SSc2cc(CCCCCCCCCCCC)ccc2O)c1. The van der Waals surface area contributed by atoms with Crippen LogP contribution in [0, 0.1) is 0 Å². The molecule has 0 heterocycles. The number of hydrogen-bond donors (Lipinski definition) is 2. The summed E-state index contributed by atoms with van der Waals surface area (Å²) in [6.45, 7) is 4.55. The van der Waals surface area contributed by atoms with Gasteiger partial charge in [0, 0.05) is 0 Å². The minimum Gasteiger partial charge on any atom is -0.507 e. The molecule has 0 unspecified atom stereocenters. The maximum absolute atomic E-state index is 10.4. The summed E-state index contributed by atoms with van der Waals surface area (Å²) in [6, 6.07) is 12.0. The van der Waals surface area contributed by atoms with E-state index in [2.05, 4.69) is 38.1 Å². The van der Waals surface area contributed by atoms with Crippen LogP contribution in [0.2, 0.25) is 0 Å². The van der Waals surface area contributed by atoms with Crippen molar-refractivity contribution in [3.8, 4) is 11.5 Å². The molecule has 2 rings (SSSR count). The number of phenolic OH excluding ortho intramolecular Hbond substituents is 2. The summed E-state index contributed by atoms with van der Waals surface area (Å²) in [6.07, 6.45) is 29.1. The first-order valence-electron chi connectivity index (χ1n) is 16.6. The van der Waals surface area contributed by atoms with Gasteiger partial charge in [-0.05, 0) is 82.7 Å². The van der Waals surface area contributed by atoms with Crippen LogP contribution in [-0.2, 0) is 12.8 Å². The Labute approximate surface area is 254 Å². The molecule has 0 bridgehead atoms. The zero-order valence-electron chi connectivity index (χ0n) is 25.7. The summed E-state index contributed by atoms with van der Waals surface area (Å²) < 4.78 is 0. The third-order valence-corrected chi connectivity index (χ3v) is 10.3. The quantitative estimate of drug-likeness (QED) is 0.0896. The second kappa shape index (κ2) is 23.3. The summed E-state index contributed by atoms with van der Waals surface area (Å²) in [5.41, 5.74) is 2.58. The third-order valence-electron chi connectivity index (χ3n) is 7.91. The highest BCUT2D eigenvalue weighted by atomic mass is 33.1. The van der Waals surface area contributed by atoms with Crippen LogP contribution < -0.4 is 0 Å². The molecular formula is C36H58O2S2. The first-order valence-corrected chi connectivity index (χ1v) is 18.8. The molecule has 0 fully saturated rings. The predicted octanol–water partition coefficient (Wildman–Crippen LogP) is 12.8. The molecule has 0 aliphatic rings. The Hall–Kier alpha value is -1.26. The molecule has 4 heteroatoms. The molecular weight excluding hydrogens is 529 g/mol. The summed E-state index contributed by atoms with van der Waals surface area (Å²) in [7, 11) is 3.09. The molecule has 0 aromatic heterocycles. The van der Waals surface area contributed by atoms with Crippen molar-refractivity contribution in [3.63, 3.8) is 0 Å². The first kappa shape index (κ1) is 34.9. The molecule has 40 heavy (non-hydrogen) atoms. The predicted molar refractivity (Wildman–Crippen MR) is 179 cm³/mol. The molecule has 2 N–H and O–H groups in total. The van der Waals surface area contributed by atoms with Crippen molar-refractivity contribution in [1.29, 1.82) is 0 Å². The molecule has 0 aliphatic carbocycles. The zero-order valence-corrected chi connectivity index (χ0v) is 27.4. The van der Waals surface area contributed by atoms with Gasteiger partial charge in [0.1, 0.15) is 11.5 Å². The fraction of sp³-hybridized carbons (Fsp3) is 0.667. The van der Waals surface area contributed by atoms with Crippen molar-refractivity contribution in [2.75, 3.05) is 0 Å². The van der Waals surface area contributed by atoms with E-state index in [9.17, 15) is 10.2 Å². The maximum Gasteiger partial charge on any atom is 0.130 e. The summed E-state index contributed by atoms with van der Waals surface area (Å²) in [5, 5.41) is 20.9. The van der Waals surface area contributed by atoms with Crippen molar-refractivity contribution < 1.29 is 10.2 Å². The van der Waals surface area contributed by atoms with Crippen molar-refractivity contribution in [2.24, 2.45) is 0 Å². The van der Waals surface area contributed by atoms with E-state index in [0.29, 0.717) is 11.5 Å². The Morgan fingerprint density at radius 2 is 0.725 bits per heavy atom. The molecule has 0 amide bonds. The standard InChI is InChI=1S/C36H58O2S2/c1-3-5-7-9-11-13-15-17-19-21-23-31-25-27-33(37)35(29-31)39-40-36-30-32(26-28-34(36)38)24-22-20-18-16-14-12-10-8-6-4-2/h25-30,37-38H,3-24H2,1-2H3. The van der Waals surface area contributed by atoms with Gasteiger partial charge in [0.05, 0.1) is 9.79 Å². The number of rotatable bonds is 25. The van der Waals surface area contributed by atoms with Crippen molar-refractivity contribution in [1.82, 2.24) is 0 Å². The van der Waals surface area contributed by atoms with Crippen LogP contribution >= 0.6 is 21.6 Å². The van der Waals surface area contributed by atoms with Crippen molar-refractivity contribution in [2.45, 2.75) is 165 Å². The van der Waals surface area contributed by atoms with Crippen LogP contribution in [0.4, 0.5) is 0 Å². The molecule has 0 aliphatic heterocycles. The smallest absolute Gasteiger partial charge is 0.130 e. The van der Waals surface area contributed by atoms with E-state index in [1.165, 1.54) is 140 Å². The minimum absolute atomic E-state index is 0.324. The number of hydrogen-bond acceptors (Lipinski definition) is 4. The average molecular weight is 587 g/mol.